The number of anilines is 1. The van der Waals surface area contributed by atoms with Gasteiger partial charge < -0.3 is 15.6 Å². The van der Waals surface area contributed by atoms with Gasteiger partial charge in [-0.2, -0.15) is 0 Å². The SMILES string of the molecule is C[C@H](O)CNS(=O)(=O)CCOc1cccc(N)c1. The van der Waals surface area contributed by atoms with Gasteiger partial charge in [-0.25, -0.2) is 13.1 Å². The largest absolute Gasteiger partial charge is 0.492 e. The molecule has 0 saturated heterocycles. The van der Waals surface area contributed by atoms with Gasteiger partial charge in [0, 0.05) is 18.3 Å². The third-order valence-electron chi connectivity index (χ3n) is 2.08. The van der Waals surface area contributed by atoms with E-state index in [-0.39, 0.29) is 18.9 Å². The molecule has 0 aromatic heterocycles. The van der Waals surface area contributed by atoms with Gasteiger partial charge in [-0.3, -0.25) is 0 Å². The molecule has 0 unspecified atom stereocenters. The molecule has 1 aromatic carbocycles. The van der Waals surface area contributed by atoms with Crippen molar-refractivity contribution in [2.75, 3.05) is 24.6 Å². The molecule has 0 radical (unpaired) electrons. The Kier molecular flexibility index (Phi) is 5.39. The van der Waals surface area contributed by atoms with Crippen LogP contribution >= 0.6 is 0 Å². The van der Waals surface area contributed by atoms with E-state index in [1.807, 2.05) is 0 Å². The predicted octanol–water partition coefficient (Wildman–Crippen LogP) is -0.0522. The van der Waals surface area contributed by atoms with E-state index in [1.165, 1.54) is 6.92 Å². The summed E-state index contributed by atoms with van der Waals surface area (Å²) in [5.74, 6) is 0.356. The van der Waals surface area contributed by atoms with Crippen LogP contribution in [0.2, 0.25) is 0 Å². The first-order valence-corrected chi connectivity index (χ1v) is 7.18. The number of aliphatic hydroxyl groups excluding tert-OH is 1. The van der Waals surface area contributed by atoms with Crippen molar-refractivity contribution >= 4 is 15.7 Å². The fourth-order valence-corrected chi connectivity index (χ4v) is 2.14. The number of ether oxygens (including phenoxy) is 1. The van der Waals surface area contributed by atoms with Gasteiger partial charge >= 0.3 is 0 Å². The molecule has 7 heteroatoms. The number of nitrogens with one attached hydrogen (secondary N) is 1. The summed E-state index contributed by atoms with van der Waals surface area (Å²) in [6.07, 6.45) is -0.713. The van der Waals surface area contributed by atoms with E-state index < -0.39 is 16.1 Å². The summed E-state index contributed by atoms with van der Waals surface area (Å²) in [6, 6.07) is 6.76. The lowest BCUT2D eigenvalue weighted by Crippen LogP contribution is -2.34. The van der Waals surface area contributed by atoms with E-state index in [0.717, 1.165) is 0 Å². The lowest BCUT2D eigenvalue weighted by Gasteiger charge is -2.09. The number of hydrogen-bond donors (Lipinski definition) is 3. The van der Waals surface area contributed by atoms with Gasteiger partial charge in [0.2, 0.25) is 10.0 Å². The Labute approximate surface area is 107 Å². The molecule has 1 atom stereocenters. The molecule has 102 valence electrons. The average molecular weight is 274 g/mol. The normalized spacial score (nSPS) is 13.2. The fourth-order valence-electron chi connectivity index (χ4n) is 1.19. The van der Waals surface area contributed by atoms with Crippen molar-refractivity contribution in [2.45, 2.75) is 13.0 Å². The minimum absolute atomic E-state index is 0.000614. The van der Waals surface area contributed by atoms with E-state index in [0.29, 0.717) is 11.4 Å². The van der Waals surface area contributed by atoms with Gasteiger partial charge in [0.15, 0.2) is 0 Å². The molecule has 1 rings (SSSR count). The second kappa shape index (κ2) is 6.58. The molecule has 0 aliphatic rings. The minimum atomic E-state index is -3.42. The summed E-state index contributed by atoms with van der Waals surface area (Å²) in [7, 11) is -3.42. The molecule has 0 amide bonds. The van der Waals surface area contributed by atoms with Crippen LogP contribution in [-0.2, 0) is 10.0 Å². The zero-order chi connectivity index (χ0) is 13.6. The molecule has 4 N–H and O–H groups in total. The summed E-state index contributed by atoms with van der Waals surface area (Å²) in [4.78, 5) is 0. The van der Waals surface area contributed by atoms with Crippen LogP contribution < -0.4 is 15.2 Å². The minimum Gasteiger partial charge on any atom is -0.492 e. The first kappa shape index (κ1) is 14.7. The fraction of sp³-hybridized carbons (Fsp3) is 0.455. The molecule has 0 saturated carbocycles. The van der Waals surface area contributed by atoms with Crippen molar-refractivity contribution in [1.29, 1.82) is 0 Å². The van der Waals surface area contributed by atoms with Crippen LogP contribution in [0, 0.1) is 0 Å². The zero-order valence-corrected chi connectivity index (χ0v) is 11.0. The number of rotatable bonds is 7. The number of aliphatic hydroxyl groups is 1. The van der Waals surface area contributed by atoms with E-state index in [4.69, 9.17) is 15.6 Å². The van der Waals surface area contributed by atoms with Crippen molar-refractivity contribution in [2.24, 2.45) is 0 Å². The third kappa shape index (κ3) is 5.85. The lowest BCUT2D eigenvalue weighted by atomic mass is 10.3. The molecule has 0 aliphatic carbocycles. The van der Waals surface area contributed by atoms with Gasteiger partial charge in [0.05, 0.1) is 11.9 Å². The Morgan fingerprint density at radius 3 is 2.83 bits per heavy atom. The van der Waals surface area contributed by atoms with Gasteiger partial charge in [-0.05, 0) is 19.1 Å². The van der Waals surface area contributed by atoms with Crippen LogP contribution in [0.5, 0.6) is 5.75 Å². The maximum Gasteiger partial charge on any atom is 0.215 e. The van der Waals surface area contributed by atoms with Crippen LogP contribution in [0.3, 0.4) is 0 Å². The second-order valence-electron chi connectivity index (χ2n) is 3.94. The van der Waals surface area contributed by atoms with Crippen molar-refractivity contribution in [3.63, 3.8) is 0 Å². The predicted molar refractivity (Wildman–Crippen MR) is 69.8 cm³/mol. The summed E-state index contributed by atoms with van der Waals surface area (Å²) in [5, 5.41) is 8.98. The number of nitrogens with two attached hydrogens (primary N) is 1. The zero-order valence-electron chi connectivity index (χ0n) is 10.2. The van der Waals surface area contributed by atoms with E-state index in [1.54, 1.807) is 24.3 Å². The van der Waals surface area contributed by atoms with Crippen LogP contribution in [0.1, 0.15) is 6.92 Å². The molecule has 18 heavy (non-hydrogen) atoms. The molecule has 0 fully saturated rings. The molecule has 0 aliphatic heterocycles. The van der Waals surface area contributed by atoms with Crippen molar-refractivity contribution in [3.05, 3.63) is 24.3 Å². The number of hydrogen-bond acceptors (Lipinski definition) is 5. The van der Waals surface area contributed by atoms with Gasteiger partial charge in [0.1, 0.15) is 12.4 Å². The Hall–Kier alpha value is -1.31. The monoisotopic (exact) mass is 274 g/mol. The van der Waals surface area contributed by atoms with Crippen LogP contribution in [0.15, 0.2) is 24.3 Å². The van der Waals surface area contributed by atoms with Gasteiger partial charge in [-0.15, -0.1) is 0 Å². The van der Waals surface area contributed by atoms with E-state index in [2.05, 4.69) is 4.72 Å². The second-order valence-corrected chi connectivity index (χ2v) is 5.86. The Morgan fingerprint density at radius 2 is 2.22 bits per heavy atom. The highest BCUT2D eigenvalue weighted by atomic mass is 32.2. The molecule has 0 spiro atoms. The average Bonchev–Trinajstić information content (AvgIpc) is 2.26. The molecule has 6 nitrogen and oxygen atoms in total. The Balaban J connectivity index is 2.37. The topological polar surface area (TPSA) is 102 Å². The highest BCUT2D eigenvalue weighted by molar-refractivity contribution is 7.89. The van der Waals surface area contributed by atoms with Crippen molar-refractivity contribution in [1.82, 2.24) is 4.72 Å². The number of sulfonamides is 1. The van der Waals surface area contributed by atoms with Crippen molar-refractivity contribution < 1.29 is 18.3 Å². The summed E-state index contributed by atoms with van der Waals surface area (Å²) in [6.45, 7) is 1.53. The number of benzene rings is 1. The first-order valence-electron chi connectivity index (χ1n) is 5.53. The molecule has 1 aromatic rings. The Morgan fingerprint density at radius 1 is 1.50 bits per heavy atom. The van der Waals surface area contributed by atoms with Gasteiger partial charge in [-0.1, -0.05) is 6.07 Å². The van der Waals surface area contributed by atoms with E-state index in [9.17, 15) is 8.42 Å². The van der Waals surface area contributed by atoms with Crippen LogP contribution in [0.4, 0.5) is 5.69 Å². The van der Waals surface area contributed by atoms with Crippen molar-refractivity contribution in [3.8, 4) is 5.75 Å². The third-order valence-corrected chi connectivity index (χ3v) is 3.39. The quantitative estimate of drug-likeness (QED) is 0.605. The standard InChI is InChI=1S/C11H18N2O4S/c1-9(14)8-13-18(15,16)6-5-17-11-4-2-3-10(12)7-11/h2-4,7,9,13-14H,5-6,8,12H2,1H3/t9-/m0/s1. The van der Waals surface area contributed by atoms with Crippen LogP contribution in [0.25, 0.3) is 0 Å². The van der Waals surface area contributed by atoms with Gasteiger partial charge in [0.25, 0.3) is 0 Å². The smallest absolute Gasteiger partial charge is 0.215 e. The highest BCUT2D eigenvalue weighted by Gasteiger charge is 2.11. The first-order chi connectivity index (χ1) is 8.39. The molecular weight excluding hydrogens is 256 g/mol. The summed E-state index contributed by atoms with van der Waals surface area (Å²) < 4.78 is 30.5. The highest BCUT2D eigenvalue weighted by Crippen LogP contribution is 2.14. The Bertz CT molecular complexity index is 474. The maximum absolute atomic E-state index is 11.5. The molecule has 0 heterocycles. The van der Waals surface area contributed by atoms with E-state index >= 15 is 0 Å². The molecule has 0 bridgehead atoms. The molecular formula is C11H18N2O4S. The summed E-state index contributed by atoms with van der Waals surface area (Å²) >= 11 is 0. The van der Waals surface area contributed by atoms with Crippen LogP contribution in [-0.4, -0.2) is 38.5 Å². The maximum atomic E-state index is 11.5. The number of nitrogen functional groups attached to an aromatic ring is 1. The summed E-state index contributed by atoms with van der Waals surface area (Å²) in [5.41, 5.74) is 6.12. The lowest BCUT2D eigenvalue weighted by molar-refractivity contribution is 0.198.